The zero-order chi connectivity index (χ0) is 24.1. The van der Waals surface area contributed by atoms with Crippen molar-refractivity contribution < 1.29 is 9.90 Å². The lowest BCUT2D eigenvalue weighted by atomic mass is 9.80. The van der Waals surface area contributed by atoms with Gasteiger partial charge in [0, 0.05) is 29.1 Å². The molecule has 1 fully saturated rings. The van der Waals surface area contributed by atoms with Crippen molar-refractivity contribution in [3.05, 3.63) is 64.0 Å². The number of H-pyrrole nitrogens is 1. The number of hydrogen-bond acceptors (Lipinski definition) is 6. The smallest absolute Gasteiger partial charge is 0.306 e. The van der Waals surface area contributed by atoms with Gasteiger partial charge < -0.3 is 16.2 Å². The van der Waals surface area contributed by atoms with Gasteiger partial charge in [0.25, 0.3) is 0 Å². The molecule has 5 N–H and O–H groups in total. The number of carboxylic acids is 1. The summed E-state index contributed by atoms with van der Waals surface area (Å²) in [6, 6.07) is 6.20. The number of benzene rings is 1. The highest BCUT2D eigenvalue weighted by Crippen LogP contribution is 2.40. The molecule has 0 saturated heterocycles. The first-order chi connectivity index (χ1) is 17.0. The summed E-state index contributed by atoms with van der Waals surface area (Å²) in [5, 5.41) is 25.5. The summed E-state index contributed by atoms with van der Waals surface area (Å²) in [4.78, 5) is 16.4. The first-order valence-corrected chi connectivity index (χ1v) is 12.4. The molecule has 3 aromatic heterocycles. The van der Waals surface area contributed by atoms with Crippen molar-refractivity contribution in [2.45, 2.75) is 31.6 Å². The van der Waals surface area contributed by atoms with Crippen LogP contribution in [-0.4, -0.2) is 42.4 Å². The maximum Gasteiger partial charge on any atom is 0.306 e. The van der Waals surface area contributed by atoms with Crippen LogP contribution in [0.3, 0.4) is 0 Å². The molecule has 1 aliphatic heterocycles. The highest BCUT2D eigenvalue weighted by atomic mass is 79.9. The topological polar surface area (TPSA) is 134 Å². The van der Waals surface area contributed by atoms with E-state index in [1.54, 1.807) is 10.7 Å². The third-order valence-corrected chi connectivity index (χ3v) is 7.94. The fourth-order valence-corrected chi connectivity index (χ4v) is 5.69. The average Bonchev–Trinajstić information content (AvgIpc) is 3.53. The van der Waals surface area contributed by atoms with Gasteiger partial charge in [-0.15, -0.1) is 0 Å². The van der Waals surface area contributed by atoms with Gasteiger partial charge in [0.05, 0.1) is 34.0 Å². The second-order valence-corrected chi connectivity index (χ2v) is 9.97. The Hall–Kier alpha value is -3.66. The molecular weight excluding hydrogens is 510 g/mol. The van der Waals surface area contributed by atoms with E-state index >= 15 is 0 Å². The van der Waals surface area contributed by atoms with Crippen molar-refractivity contribution in [1.29, 1.82) is 0 Å². The van der Waals surface area contributed by atoms with Gasteiger partial charge in [-0.1, -0.05) is 12.1 Å². The number of nitrogens with two attached hydrogens (primary N) is 1. The van der Waals surface area contributed by atoms with Gasteiger partial charge in [0.1, 0.15) is 5.82 Å². The highest BCUT2D eigenvalue weighted by Gasteiger charge is 2.30. The van der Waals surface area contributed by atoms with Crippen molar-refractivity contribution in [2.75, 3.05) is 12.3 Å². The molecule has 0 atom stereocenters. The molecule has 9 nitrogen and oxygen atoms in total. The Balaban J connectivity index is 1.33. The average molecular weight is 534 g/mol. The number of nitrogens with zero attached hydrogens (tertiary/aromatic N) is 4. The van der Waals surface area contributed by atoms with Crippen LogP contribution in [0.1, 0.15) is 48.4 Å². The Labute approximate surface area is 209 Å². The molecule has 35 heavy (non-hydrogen) atoms. The van der Waals surface area contributed by atoms with E-state index in [1.165, 1.54) is 0 Å². The van der Waals surface area contributed by atoms with Gasteiger partial charge in [-0.25, -0.2) is 4.98 Å². The number of halogens is 1. The number of nitrogens with one attached hydrogen (secondary N) is 2. The SMILES string of the molecule is Nc1c(Br)c([C@H]2CC[C@H](C(=O)O)CC2)nc2c(C3=CC=C(c4ccc5[nH]ncc5c4)NC3)cnn12. The van der Waals surface area contributed by atoms with Gasteiger partial charge in [-0.05, 0) is 71.0 Å². The van der Waals surface area contributed by atoms with Crippen molar-refractivity contribution in [1.82, 2.24) is 30.1 Å². The second-order valence-electron chi connectivity index (χ2n) is 9.17. The number of aliphatic carboxylic acids is 1. The van der Waals surface area contributed by atoms with Crippen LogP contribution in [0.2, 0.25) is 0 Å². The molecule has 6 rings (SSSR count). The van der Waals surface area contributed by atoms with Gasteiger partial charge in [-0.2, -0.15) is 14.7 Å². The zero-order valence-corrected chi connectivity index (χ0v) is 20.4. The Morgan fingerprint density at radius 1 is 1.17 bits per heavy atom. The number of rotatable bonds is 4. The highest BCUT2D eigenvalue weighted by molar-refractivity contribution is 9.10. The summed E-state index contributed by atoms with van der Waals surface area (Å²) < 4.78 is 2.41. The minimum Gasteiger partial charge on any atom is -0.481 e. The van der Waals surface area contributed by atoms with Crippen LogP contribution in [0.25, 0.3) is 27.8 Å². The number of anilines is 1. The second kappa shape index (κ2) is 8.53. The van der Waals surface area contributed by atoms with Crippen LogP contribution in [0.4, 0.5) is 5.82 Å². The molecule has 10 heteroatoms. The maximum atomic E-state index is 11.4. The predicted octanol–water partition coefficient (Wildman–Crippen LogP) is 4.34. The van der Waals surface area contributed by atoms with Crippen molar-refractivity contribution >= 4 is 55.5 Å². The predicted molar refractivity (Wildman–Crippen MR) is 137 cm³/mol. The Morgan fingerprint density at radius 3 is 2.74 bits per heavy atom. The number of nitrogen functional groups attached to an aromatic ring is 1. The van der Waals surface area contributed by atoms with E-state index in [9.17, 15) is 9.90 Å². The minimum atomic E-state index is -0.711. The summed E-state index contributed by atoms with van der Waals surface area (Å²) >= 11 is 3.63. The van der Waals surface area contributed by atoms with E-state index in [0.29, 0.717) is 30.9 Å². The lowest BCUT2D eigenvalue weighted by Gasteiger charge is -2.26. The molecule has 4 aromatic rings. The maximum absolute atomic E-state index is 11.4. The first kappa shape index (κ1) is 21.8. The number of aromatic amines is 1. The summed E-state index contributed by atoms with van der Waals surface area (Å²) in [5.74, 6) is -0.314. The number of carboxylic acid groups (broad SMARTS) is 1. The molecule has 0 amide bonds. The number of fused-ring (bicyclic) bond motifs is 2. The van der Waals surface area contributed by atoms with Crippen LogP contribution in [-0.2, 0) is 4.79 Å². The fraction of sp³-hybridized carbons (Fsp3) is 0.280. The van der Waals surface area contributed by atoms with E-state index < -0.39 is 5.97 Å². The Morgan fingerprint density at radius 2 is 2.00 bits per heavy atom. The standard InChI is InChI=1S/C25H24BrN7O2/c26-21-22(13-1-3-14(4-2-13)25(34)35)31-24-18(12-30-33(24)23(21)27)16-6-7-19(28-10-16)15-5-8-20-17(9-15)11-29-32-20/h5-9,11-14,28H,1-4,10,27H2,(H,29,32)(H,34,35)/t13-,14-. The Bertz CT molecular complexity index is 1530. The van der Waals surface area contributed by atoms with Crippen LogP contribution in [0, 0.1) is 5.92 Å². The first-order valence-electron chi connectivity index (χ1n) is 11.6. The van der Waals surface area contributed by atoms with Crippen molar-refractivity contribution in [2.24, 2.45) is 5.92 Å². The summed E-state index contributed by atoms with van der Waals surface area (Å²) in [6.45, 7) is 0.632. The van der Waals surface area contributed by atoms with Gasteiger partial charge in [0.2, 0.25) is 0 Å². The molecule has 178 valence electrons. The molecule has 0 radical (unpaired) electrons. The molecule has 1 saturated carbocycles. The van der Waals surface area contributed by atoms with E-state index in [2.05, 4.69) is 60.8 Å². The van der Waals surface area contributed by atoms with Crippen LogP contribution in [0.15, 0.2) is 47.2 Å². The molecule has 0 unspecified atom stereocenters. The minimum absolute atomic E-state index is 0.165. The zero-order valence-electron chi connectivity index (χ0n) is 18.8. The number of carbonyl (C=O) groups is 1. The largest absolute Gasteiger partial charge is 0.481 e. The Kier molecular flexibility index (Phi) is 5.32. The molecule has 1 aliphatic carbocycles. The third kappa shape index (κ3) is 3.78. The van der Waals surface area contributed by atoms with Crippen LogP contribution >= 0.6 is 15.9 Å². The summed E-state index contributed by atoms with van der Waals surface area (Å²) in [7, 11) is 0. The number of aromatic nitrogens is 5. The van der Waals surface area contributed by atoms with Crippen molar-refractivity contribution in [3.8, 4) is 0 Å². The van der Waals surface area contributed by atoms with E-state index in [1.807, 2.05) is 12.3 Å². The monoisotopic (exact) mass is 533 g/mol. The fourth-order valence-electron chi connectivity index (χ4n) is 5.11. The van der Waals surface area contributed by atoms with Crippen LogP contribution in [0.5, 0.6) is 0 Å². The summed E-state index contributed by atoms with van der Waals surface area (Å²) in [5.41, 5.74) is 13.2. The van der Waals surface area contributed by atoms with E-state index in [-0.39, 0.29) is 11.8 Å². The van der Waals surface area contributed by atoms with Gasteiger partial charge in [-0.3, -0.25) is 9.89 Å². The van der Waals surface area contributed by atoms with E-state index in [0.717, 1.165) is 56.3 Å². The van der Waals surface area contributed by atoms with Crippen molar-refractivity contribution in [3.63, 3.8) is 0 Å². The lowest BCUT2D eigenvalue weighted by molar-refractivity contribution is -0.142. The molecular formula is C25H24BrN7O2. The lowest BCUT2D eigenvalue weighted by Crippen LogP contribution is -2.22. The molecule has 2 aliphatic rings. The van der Waals surface area contributed by atoms with Gasteiger partial charge in [0.15, 0.2) is 5.65 Å². The van der Waals surface area contributed by atoms with Crippen LogP contribution < -0.4 is 11.1 Å². The number of allylic oxidation sites excluding steroid dienone is 2. The molecule has 4 heterocycles. The van der Waals surface area contributed by atoms with Gasteiger partial charge >= 0.3 is 5.97 Å². The number of dihydropyridines is 1. The van der Waals surface area contributed by atoms with E-state index in [4.69, 9.17) is 10.7 Å². The molecule has 1 aromatic carbocycles. The number of hydrogen-bond donors (Lipinski definition) is 4. The summed E-state index contributed by atoms with van der Waals surface area (Å²) in [6.07, 6.45) is 10.7. The quantitative estimate of drug-likeness (QED) is 0.306. The molecule has 0 bridgehead atoms. The molecule has 0 spiro atoms. The third-order valence-electron chi connectivity index (χ3n) is 7.13. The normalized spacial score (nSPS) is 20.5.